The highest BCUT2D eigenvalue weighted by Gasteiger charge is 2.24. The van der Waals surface area contributed by atoms with E-state index in [-0.39, 0.29) is 11.8 Å². The molecule has 2 atom stereocenters. The van der Waals surface area contributed by atoms with Gasteiger partial charge in [-0.05, 0) is 38.1 Å². The minimum absolute atomic E-state index is 0.194. The molecule has 0 saturated heterocycles. The topological polar surface area (TPSA) is 85.2 Å². The molecule has 22 heavy (non-hydrogen) atoms. The monoisotopic (exact) mass is 300 g/mol. The minimum Gasteiger partial charge on any atom is -0.479 e. The van der Waals surface area contributed by atoms with Crippen molar-refractivity contribution >= 4 is 23.2 Å². The molecular weight excluding hydrogens is 284 g/mol. The third kappa shape index (κ3) is 2.65. The van der Waals surface area contributed by atoms with Crippen molar-refractivity contribution in [3.05, 3.63) is 36.7 Å². The first kappa shape index (κ1) is 14.1. The molecular formula is C15H16N4O3. The van der Waals surface area contributed by atoms with Crippen LogP contribution in [0.5, 0.6) is 5.75 Å². The largest absolute Gasteiger partial charge is 0.479 e. The standard InChI is InChI=1S/C15H16N4O3/c1-9(19-7-3-6-16-19)14(20)17-11-4-5-13-12(8-11)18-15(21)10(2)22-13/h3-10H,1-2H3,(H,17,20)(H,18,21). The number of ether oxygens (including phenoxy) is 1. The summed E-state index contributed by atoms with van der Waals surface area (Å²) in [4.78, 5) is 23.8. The number of nitrogens with one attached hydrogen (secondary N) is 2. The number of nitrogens with zero attached hydrogens (tertiary/aromatic N) is 2. The van der Waals surface area contributed by atoms with Crippen molar-refractivity contribution in [1.82, 2.24) is 9.78 Å². The van der Waals surface area contributed by atoms with E-state index in [1.807, 2.05) is 0 Å². The second kappa shape index (κ2) is 5.51. The van der Waals surface area contributed by atoms with Crippen LogP contribution in [0.15, 0.2) is 36.7 Å². The molecule has 0 fully saturated rings. The first-order chi connectivity index (χ1) is 10.5. The molecule has 2 amide bonds. The molecule has 0 aliphatic carbocycles. The van der Waals surface area contributed by atoms with Gasteiger partial charge in [-0.1, -0.05) is 0 Å². The number of carbonyl (C=O) groups excluding carboxylic acids is 2. The molecule has 2 N–H and O–H groups in total. The van der Waals surface area contributed by atoms with E-state index in [1.165, 1.54) is 0 Å². The molecule has 7 heteroatoms. The summed E-state index contributed by atoms with van der Waals surface area (Å²) < 4.78 is 7.04. The lowest BCUT2D eigenvalue weighted by Gasteiger charge is -2.24. The number of rotatable bonds is 3. The Balaban J connectivity index is 1.75. The van der Waals surface area contributed by atoms with Gasteiger partial charge in [0.15, 0.2) is 6.10 Å². The summed E-state index contributed by atoms with van der Waals surface area (Å²) >= 11 is 0. The van der Waals surface area contributed by atoms with Crippen LogP contribution in [0.3, 0.4) is 0 Å². The van der Waals surface area contributed by atoms with Gasteiger partial charge in [0.25, 0.3) is 5.91 Å². The Bertz CT molecular complexity index is 712. The van der Waals surface area contributed by atoms with Gasteiger partial charge in [-0.25, -0.2) is 0 Å². The molecule has 1 aliphatic heterocycles. The van der Waals surface area contributed by atoms with E-state index in [0.29, 0.717) is 17.1 Å². The van der Waals surface area contributed by atoms with Gasteiger partial charge in [-0.3, -0.25) is 14.3 Å². The van der Waals surface area contributed by atoms with Gasteiger partial charge < -0.3 is 15.4 Å². The molecule has 114 valence electrons. The molecule has 2 unspecified atom stereocenters. The predicted molar refractivity (Wildman–Crippen MR) is 80.7 cm³/mol. The Kier molecular flexibility index (Phi) is 3.54. The predicted octanol–water partition coefficient (Wildman–Crippen LogP) is 1.80. The summed E-state index contributed by atoms with van der Waals surface area (Å²) in [5, 5.41) is 9.59. The maximum absolute atomic E-state index is 12.2. The van der Waals surface area contributed by atoms with E-state index in [0.717, 1.165) is 0 Å². The number of amides is 2. The van der Waals surface area contributed by atoms with Crippen molar-refractivity contribution in [2.75, 3.05) is 10.6 Å². The highest BCUT2D eigenvalue weighted by molar-refractivity contribution is 5.99. The van der Waals surface area contributed by atoms with Gasteiger partial charge >= 0.3 is 0 Å². The number of aromatic nitrogens is 2. The number of benzene rings is 1. The van der Waals surface area contributed by atoms with E-state index < -0.39 is 12.1 Å². The SMILES string of the molecule is CC1Oc2ccc(NC(=O)C(C)n3cccn3)cc2NC1=O. The summed E-state index contributed by atoms with van der Waals surface area (Å²) in [7, 11) is 0. The molecule has 0 saturated carbocycles. The average molecular weight is 300 g/mol. The van der Waals surface area contributed by atoms with E-state index in [9.17, 15) is 9.59 Å². The lowest BCUT2D eigenvalue weighted by molar-refractivity contribution is -0.122. The van der Waals surface area contributed by atoms with Gasteiger partial charge in [-0.2, -0.15) is 5.10 Å². The maximum atomic E-state index is 12.2. The first-order valence-corrected chi connectivity index (χ1v) is 6.96. The molecule has 0 bridgehead atoms. The van der Waals surface area contributed by atoms with Crippen LogP contribution >= 0.6 is 0 Å². The normalized spacial score (nSPS) is 17.9. The van der Waals surface area contributed by atoms with Gasteiger partial charge in [0.05, 0.1) is 5.69 Å². The Morgan fingerprint density at radius 1 is 1.50 bits per heavy atom. The van der Waals surface area contributed by atoms with Crippen LogP contribution in [0, 0.1) is 0 Å². The van der Waals surface area contributed by atoms with Crippen LogP contribution in [0.1, 0.15) is 19.9 Å². The van der Waals surface area contributed by atoms with Crippen molar-refractivity contribution in [3.8, 4) is 5.75 Å². The van der Waals surface area contributed by atoms with Crippen molar-refractivity contribution < 1.29 is 14.3 Å². The summed E-state index contributed by atoms with van der Waals surface area (Å²) in [6.45, 7) is 3.44. The van der Waals surface area contributed by atoms with E-state index in [1.54, 1.807) is 55.2 Å². The van der Waals surface area contributed by atoms with Crippen LogP contribution < -0.4 is 15.4 Å². The average Bonchev–Trinajstić information content (AvgIpc) is 3.02. The fourth-order valence-corrected chi connectivity index (χ4v) is 2.16. The fourth-order valence-electron chi connectivity index (χ4n) is 2.16. The zero-order valence-corrected chi connectivity index (χ0v) is 12.2. The smallest absolute Gasteiger partial charge is 0.265 e. The Hall–Kier alpha value is -2.83. The zero-order valence-electron chi connectivity index (χ0n) is 12.2. The van der Waals surface area contributed by atoms with E-state index in [2.05, 4.69) is 15.7 Å². The van der Waals surface area contributed by atoms with Gasteiger partial charge in [-0.15, -0.1) is 0 Å². The number of anilines is 2. The van der Waals surface area contributed by atoms with Gasteiger partial charge in [0, 0.05) is 18.1 Å². The molecule has 1 aromatic carbocycles. The summed E-state index contributed by atoms with van der Waals surface area (Å²) in [6, 6.07) is 6.46. The van der Waals surface area contributed by atoms with Crippen molar-refractivity contribution in [2.24, 2.45) is 0 Å². The van der Waals surface area contributed by atoms with E-state index in [4.69, 9.17) is 4.74 Å². The Labute approximate surface area is 127 Å². The third-order valence-corrected chi connectivity index (χ3v) is 3.48. The summed E-state index contributed by atoms with van der Waals surface area (Å²) in [5.41, 5.74) is 1.13. The lowest BCUT2D eigenvalue weighted by atomic mass is 10.2. The van der Waals surface area contributed by atoms with Crippen LogP contribution in [0.2, 0.25) is 0 Å². The molecule has 2 aromatic rings. The summed E-state index contributed by atoms with van der Waals surface area (Å²) in [6.07, 6.45) is 2.83. The minimum atomic E-state index is -0.521. The van der Waals surface area contributed by atoms with Gasteiger partial charge in [0.1, 0.15) is 11.8 Å². The zero-order chi connectivity index (χ0) is 15.7. The summed E-state index contributed by atoms with van der Waals surface area (Å²) in [5.74, 6) is 0.186. The fraction of sp³-hybridized carbons (Fsp3) is 0.267. The number of fused-ring (bicyclic) bond motifs is 1. The van der Waals surface area contributed by atoms with Crippen LogP contribution in [0.4, 0.5) is 11.4 Å². The molecule has 0 radical (unpaired) electrons. The van der Waals surface area contributed by atoms with Crippen molar-refractivity contribution in [2.45, 2.75) is 26.0 Å². The highest BCUT2D eigenvalue weighted by atomic mass is 16.5. The van der Waals surface area contributed by atoms with E-state index >= 15 is 0 Å². The molecule has 1 aromatic heterocycles. The lowest BCUT2D eigenvalue weighted by Crippen LogP contribution is -2.34. The van der Waals surface area contributed by atoms with Gasteiger partial charge in [0.2, 0.25) is 5.91 Å². The maximum Gasteiger partial charge on any atom is 0.265 e. The van der Waals surface area contributed by atoms with Crippen LogP contribution in [0.25, 0.3) is 0 Å². The molecule has 7 nitrogen and oxygen atoms in total. The van der Waals surface area contributed by atoms with Crippen molar-refractivity contribution in [1.29, 1.82) is 0 Å². The van der Waals surface area contributed by atoms with Crippen LogP contribution in [-0.4, -0.2) is 27.7 Å². The molecule has 2 heterocycles. The second-order valence-corrected chi connectivity index (χ2v) is 5.11. The number of carbonyl (C=O) groups is 2. The van der Waals surface area contributed by atoms with Crippen molar-refractivity contribution in [3.63, 3.8) is 0 Å². The number of hydrogen-bond donors (Lipinski definition) is 2. The quantitative estimate of drug-likeness (QED) is 0.905. The Morgan fingerprint density at radius 3 is 3.05 bits per heavy atom. The first-order valence-electron chi connectivity index (χ1n) is 6.96. The third-order valence-electron chi connectivity index (χ3n) is 3.48. The molecule has 0 spiro atoms. The Morgan fingerprint density at radius 2 is 2.32 bits per heavy atom. The second-order valence-electron chi connectivity index (χ2n) is 5.11. The number of hydrogen-bond acceptors (Lipinski definition) is 4. The highest BCUT2D eigenvalue weighted by Crippen LogP contribution is 2.32. The molecule has 1 aliphatic rings. The van der Waals surface area contributed by atoms with Crippen LogP contribution in [-0.2, 0) is 9.59 Å². The molecule has 3 rings (SSSR count).